The molecule has 9 nitrogen and oxygen atoms in total. The van der Waals surface area contributed by atoms with Crippen LogP contribution in [0.4, 0.5) is 4.39 Å². The Labute approximate surface area is 200 Å². The summed E-state index contributed by atoms with van der Waals surface area (Å²) in [4.78, 5) is 28.3. The van der Waals surface area contributed by atoms with Crippen LogP contribution in [0.5, 0.6) is 11.8 Å². The van der Waals surface area contributed by atoms with Crippen LogP contribution in [-0.2, 0) is 14.3 Å². The zero-order valence-corrected chi connectivity index (χ0v) is 18.8. The largest absolute Gasteiger partial charge is 0.424 e. The summed E-state index contributed by atoms with van der Waals surface area (Å²) < 4.78 is 30.9. The highest BCUT2D eigenvalue weighted by atomic mass is 19.1. The van der Waals surface area contributed by atoms with Crippen LogP contribution in [0.2, 0.25) is 0 Å². The molecule has 2 aromatic carbocycles. The second-order valence-corrected chi connectivity index (χ2v) is 8.37. The number of nitrogens with two attached hydrogens (primary N) is 1. The Morgan fingerprint density at radius 1 is 1.09 bits per heavy atom. The molecule has 10 heteroatoms. The van der Waals surface area contributed by atoms with Crippen LogP contribution >= 0.6 is 0 Å². The molecule has 0 spiro atoms. The van der Waals surface area contributed by atoms with Crippen molar-refractivity contribution in [3.63, 3.8) is 0 Å². The number of nitrogens with one attached hydrogen (secondary N) is 1. The first-order chi connectivity index (χ1) is 16.9. The van der Waals surface area contributed by atoms with Crippen molar-refractivity contribution < 1.29 is 23.4 Å². The van der Waals surface area contributed by atoms with Gasteiger partial charge in [-0.2, -0.15) is 4.98 Å². The van der Waals surface area contributed by atoms with Gasteiger partial charge in [0.25, 0.3) is 0 Å². The number of ether oxygens (including phenoxy) is 3. The average Bonchev–Trinajstić information content (AvgIpc) is 3.31. The van der Waals surface area contributed by atoms with Crippen LogP contribution in [0.15, 0.2) is 66.9 Å². The van der Waals surface area contributed by atoms with Gasteiger partial charge in [-0.1, -0.05) is 18.2 Å². The van der Waals surface area contributed by atoms with Gasteiger partial charge < -0.3 is 24.9 Å². The van der Waals surface area contributed by atoms with Gasteiger partial charge in [0.15, 0.2) is 5.82 Å². The number of imidazole rings is 1. The maximum Gasteiger partial charge on any atom is 0.322 e. The number of H-pyrrole nitrogens is 1. The molecular weight excluding hydrogens is 453 g/mol. The van der Waals surface area contributed by atoms with Gasteiger partial charge in [0.2, 0.25) is 12.2 Å². The number of primary amides is 1. The second-order valence-electron chi connectivity index (χ2n) is 8.37. The molecule has 3 heterocycles. The van der Waals surface area contributed by atoms with E-state index in [-0.39, 0.29) is 25.0 Å². The first-order valence-corrected chi connectivity index (χ1v) is 10.9. The van der Waals surface area contributed by atoms with Crippen molar-refractivity contribution >= 4 is 5.91 Å². The molecule has 1 aliphatic rings. The van der Waals surface area contributed by atoms with E-state index in [4.69, 9.17) is 19.9 Å². The van der Waals surface area contributed by atoms with Gasteiger partial charge in [0.05, 0.1) is 35.7 Å². The van der Waals surface area contributed by atoms with Crippen molar-refractivity contribution in [3.05, 3.63) is 78.5 Å². The first kappa shape index (κ1) is 22.6. The molecule has 1 aliphatic heterocycles. The predicted molar refractivity (Wildman–Crippen MR) is 123 cm³/mol. The number of carbonyl (C=O) groups excluding carboxylic acids is 1. The summed E-state index contributed by atoms with van der Waals surface area (Å²) in [5.41, 5.74) is 6.76. The average molecular weight is 475 g/mol. The lowest BCUT2D eigenvalue weighted by Gasteiger charge is -2.34. The number of nitrogens with zero attached hydrogens (tertiary/aromatic N) is 3. The smallest absolute Gasteiger partial charge is 0.322 e. The van der Waals surface area contributed by atoms with E-state index >= 15 is 0 Å². The molecule has 0 atom stereocenters. The Kier molecular flexibility index (Phi) is 5.98. The van der Waals surface area contributed by atoms with Crippen molar-refractivity contribution in [2.75, 3.05) is 13.2 Å². The summed E-state index contributed by atoms with van der Waals surface area (Å²) in [5.74, 6) is 0.0940. The minimum absolute atomic E-state index is 0.0808. The van der Waals surface area contributed by atoms with Crippen molar-refractivity contribution in [3.8, 4) is 34.4 Å². The molecule has 0 unspecified atom stereocenters. The fraction of sp³-hybridized carbons (Fsp3) is 0.200. The van der Waals surface area contributed by atoms with Gasteiger partial charge in [-0.25, -0.2) is 14.4 Å². The van der Waals surface area contributed by atoms with Gasteiger partial charge in [-0.15, -0.1) is 0 Å². The molecule has 3 N–H and O–H groups in total. The summed E-state index contributed by atoms with van der Waals surface area (Å²) in [6, 6.07) is 17.0. The van der Waals surface area contributed by atoms with Gasteiger partial charge in [-0.3, -0.25) is 4.79 Å². The van der Waals surface area contributed by atoms with E-state index in [1.807, 2.05) is 18.2 Å². The number of para-hydroxylation sites is 1. The molecule has 1 fully saturated rings. The third-order valence-electron chi connectivity index (χ3n) is 5.61. The lowest BCUT2D eigenvalue weighted by Crippen LogP contribution is -2.46. The summed E-state index contributed by atoms with van der Waals surface area (Å²) in [6.45, 7) is 1.84. The summed E-state index contributed by atoms with van der Waals surface area (Å²) >= 11 is 0. The third kappa shape index (κ3) is 4.75. The van der Waals surface area contributed by atoms with Crippen LogP contribution in [0.25, 0.3) is 22.6 Å². The number of amides is 1. The summed E-state index contributed by atoms with van der Waals surface area (Å²) in [6.07, 6.45) is 0.721. The number of benzene rings is 2. The minimum atomic E-state index is -0.929. The summed E-state index contributed by atoms with van der Waals surface area (Å²) in [7, 11) is 0. The van der Waals surface area contributed by atoms with Crippen LogP contribution < -0.4 is 10.5 Å². The standard InChI is InChI=1S/C25H22FN5O4/c1-25(23(27)32)13-33-22(34-14-25)21-30-19(15-7-9-16(26)10-8-15)20(31-21)18-11-12-28-24(29-18)35-17-5-3-2-4-6-17/h2-12,22H,13-14H2,1H3,(H2,27,32)(H,30,31). The third-order valence-corrected chi connectivity index (χ3v) is 5.61. The van der Waals surface area contributed by atoms with Gasteiger partial charge in [0, 0.05) is 11.8 Å². The normalized spacial score (nSPS) is 19.9. The zero-order chi connectivity index (χ0) is 24.4. The maximum atomic E-state index is 13.6. The fourth-order valence-corrected chi connectivity index (χ4v) is 3.54. The molecule has 178 valence electrons. The van der Waals surface area contributed by atoms with Crippen LogP contribution in [0, 0.1) is 11.2 Å². The van der Waals surface area contributed by atoms with E-state index in [1.165, 1.54) is 12.1 Å². The molecule has 2 aromatic heterocycles. The number of hydrogen-bond donors (Lipinski definition) is 2. The molecule has 0 bridgehead atoms. The SMILES string of the molecule is CC1(C(N)=O)COC(c2nc(-c3ccc(F)cc3)c(-c3ccnc(Oc4ccccc4)n3)[nH]2)OC1. The molecule has 1 saturated heterocycles. The predicted octanol–water partition coefficient (Wildman–Crippen LogP) is 4.00. The van der Waals surface area contributed by atoms with Crippen LogP contribution in [0.1, 0.15) is 19.0 Å². The first-order valence-electron chi connectivity index (χ1n) is 10.9. The number of carbonyl (C=O) groups is 1. The molecular formula is C25H22FN5O4. The van der Waals surface area contributed by atoms with Crippen molar-refractivity contribution in [2.24, 2.45) is 11.1 Å². The quantitative estimate of drug-likeness (QED) is 0.432. The lowest BCUT2D eigenvalue weighted by atomic mass is 9.91. The van der Waals surface area contributed by atoms with E-state index in [0.717, 1.165) is 0 Å². The van der Waals surface area contributed by atoms with Crippen molar-refractivity contribution in [1.29, 1.82) is 0 Å². The Morgan fingerprint density at radius 3 is 2.49 bits per heavy atom. The van der Waals surface area contributed by atoms with E-state index < -0.39 is 17.6 Å². The monoisotopic (exact) mass is 475 g/mol. The van der Waals surface area contributed by atoms with Gasteiger partial charge in [-0.05, 0) is 49.4 Å². The van der Waals surface area contributed by atoms with Gasteiger partial charge in [0.1, 0.15) is 11.6 Å². The number of aromatic amines is 1. The lowest BCUT2D eigenvalue weighted by molar-refractivity contribution is -0.230. The summed E-state index contributed by atoms with van der Waals surface area (Å²) in [5, 5.41) is 0. The van der Waals surface area contributed by atoms with Gasteiger partial charge >= 0.3 is 6.01 Å². The molecule has 4 aromatic rings. The number of aromatic nitrogens is 4. The van der Waals surface area contributed by atoms with E-state index in [9.17, 15) is 9.18 Å². The Hall–Kier alpha value is -4.15. The van der Waals surface area contributed by atoms with Crippen LogP contribution in [-0.4, -0.2) is 39.1 Å². The van der Waals surface area contributed by atoms with E-state index in [1.54, 1.807) is 43.5 Å². The molecule has 5 rings (SSSR count). The number of halogens is 1. The molecule has 0 radical (unpaired) electrons. The second kappa shape index (κ2) is 9.24. The van der Waals surface area contributed by atoms with E-state index in [2.05, 4.69) is 19.9 Å². The zero-order valence-electron chi connectivity index (χ0n) is 18.8. The minimum Gasteiger partial charge on any atom is -0.424 e. The fourth-order valence-electron chi connectivity index (χ4n) is 3.54. The molecule has 1 amide bonds. The maximum absolute atomic E-state index is 13.6. The molecule has 35 heavy (non-hydrogen) atoms. The Balaban J connectivity index is 1.50. The highest BCUT2D eigenvalue weighted by Crippen LogP contribution is 2.35. The van der Waals surface area contributed by atoms with Crippen molar-refractivity contribution in [2.45, 2.75) is 13.2 Å². The van der Waals surface area contributed by atoms with Crippen molar-refractivity contribution in [1.82, 2.24) is 19.9 Å². The highest BCUT2D eigenvalue weighted by Gasteiger charge is 2.39. The highest BCUT2D eigenvalue weighted by molar-refractivity contribution is 5.81. The van der Waals surface area contributed by atoms with E-state index in [0.29, 0.717) is 34.2 Å². The topological polar surface area (TPSA) is 125 Å². The number of rotatable bonds is 6. The molecule has 0 saturated carbocycles. The Morgan fingerprint density at radius 2 is 1.80 bits per heavy atom. The molecule has 0 aliphatic carbocycles. The van der Waals surface area contributed by atoms with Crippen LogP contribution in [0.3, 0.4) is 0 Å². The Bertz CT molecular complexity index is 1340. The number of hydrogen-bond acceptors (Lipinski definition) is 7.